The third-order valence-corrected chi connectivity index (χ3v) is 6.74. The quantitative estimate of drug-likeness (QED) is 0.331. The van der Waals surface area contributed by atoms with Gasteiger partial charge in [0, 0.05) is 43.4 Å². The van der Waals surface area contributed by atoms with Gasteiger partial charge in [0.15, 0.2) is 0 Å². The Bertz CT molecular complexity index is 1350. The van der Waals surface area contributed by atoms with Crippen LogP contribution in [0.1, 0.15) is 22.4 Å². The number of nitrogens with one attached hydrogen (secondary N) is 1. The van der Waals surface area contributed by atoms with E-state index in [1.807, 2.05) is 37.2 Å². The van der Waals surface area contributed by atoms with E-state index in [1.54, 1.807) is 19.2 Å². The Morgan fingerprint density at radius 2 is 1.69 bits per heavy atom. The van der Waals surface area contributed by atoms with Gasteiger partial charge in [-0.05, 0) is 37.4 Å². The van der Waals surface area contributed by atoms with Crippen molar-refractivity contribution >= 4 is 46.5 Å². The molecule has 0 bridgehead atoms. The molecule has 1 heterocycles. The molecule has 0 atom stereocenters. The summed E-state index contributed by atoms with van der Waals surface area (Å²) in [6.45, 7) is 4.26. The van der Waals surface area contributed by atoms with E-state index in [-0.39, 0.29) is 28.3 Å². The lowest BCUT2D eigenvalue weighted by atomic mass is 10.0. The summed E-state index contributed by atoms with van der Waals surface area (Å²) in [7, 11) is 8.50. The van der Waals surface area contributed by atoms with Crippen LogP contribution in [0, 0.1) is 0 Å². The van der Waals surface area contributed by atoms with Crippen LogP contribution in [-0.4, -0.2) is 62.0 Å². The number of amides is 2. The molecular weight excluding hydrogens is 541 g/mol. The van der Waals surface area contributed by atoms with Crippen molar-refractivity contribution in [3.8, 4) is 11.5 Å². The number of likely N-dealkylation sites (N-methyl/N-ethyl adjacent to an activating group) is 1. The van der Waals surface area contributed by atoms with Gasteiger partial charge >= 0.3 is 0 Å². The van der Waals surface area contributed by atoms with Gasteiger partial charge in [0.25, 0.3) is 0 Å². The van der Waals surface area contributed by atoms with Crippen LogP contribution in [0.3, 0.4) is 0 Å². The number of hydrogen-bond donors (Lipinski definition) is 1. The van der Waals surface area contributed by atoms with Gasteiger partial charge in [0.2, 0.25) is 11.8 Å². The highest BCUT2D eigenvalue weighted by Crippen LogP contribution is 2.40. The molecule has 1 N–H and O–H groups in total. The maximum atomic E-state index is 13.2. The molecule has 0 fully saturated rings. The first-order chi connectivity index (χ1) is 18.6. The van der Waals surface area contributed by atoms with Gasteiger partial charge in [0.05, 0.1) is 36.4 Å². The van der Waals surface area contributed by atoms with Crippen molar-refractivity contribution < 1.29 is 19.1 Å². The monoisotopic (exact) mass is 571 g/mol. The average molecular weight is 572 g/mol. The molecule has 0 spiro atoms. The minimum absolute atomic E-state index is 0.105. The minimum Gasteiger partial charge on any atom is -0.495 e. The molecule has 0 aliphatic rings. The Kier molecular flexibility index (Phi) is 10.3. The van der Waals surface area contributed by atoms with Crippen LogP contribution in [0.15, 0.2) is 49.3 Å². The number of nitrogens with zero attached hydrogens (tertiary/aromatic N) is 4. The number of halogens is 2. The number of anilines is 2. The van der Waals surface area contributed by atoms with E-state index in [9.17, 15) is 9.59 Å². The lowest BCUT2D eigenvalue weighted by Crippen LogP contribution is -2.29. The summed E-state index contributed by atoms with van der Waals surface area (Å²) in [4.78, 5) is 37.4. The van der Waals surface area contributed by atoms with E-state index < -0.39 is 0 Å². The molecule has 0 unspecified atom stereocenters. The minimum atomic E-state index is -0.307. The largest absolute Gasteiger partial charge is 0.495 e. The fraction of sp³-hybridized carbons (Fsp3) is 0.286. The van der Waals surface area contributed by atoms with Crippen molar-refractivity contribution in [2.24, 2.45) is 0 Å². The number of carbonyl (C=O) groups is 2. The fourth-order valence-corrected chi connectivity index (χ4v) is 4.53. The zero-order valence-corrected chi connectivity index (χ0v) is 24.1. The second kappa shape index (κ2) is 13.4. The first kappa shape index (κ1) is 29.9. The van der Waals surface area contributed by atoms with Crippen LogP contribution in [0.2, 0.25) is 10.0 Å². The van der Waals surface area contributed by atoms with Crippen LogP contribution < -0.4 is 19.7 Å². The highest BCUT2D eigenvalue weighted by molar-refractivity contribution is 6.38. The van der Waals surface area contributed by atoms with Crippen molar-refractivity contribution in [3.63, 3.8) is 0 Å². The van der Waals surface area contributed by atoms with Gasteiger partial charge < -0.3 is 19.7 Å². The topological polar surface area (TPSA) is 96.9 Å². The molecule has 0 saturated carbocycles. The van der Waals surface area contributed by atoms with E-state index in [4.69, 9.17) is 32.7 Å². The molecule has 0 saturated heterocycles. The summed E-state index contributed by atoms with van der Waals surface area (Å²) in [6.07, 6.45) is 2.91. The van der Waals surface area contributed by atoms with Crippen LogP contribution in [0.5, 0.6) is 11.5 Å². The van der Waals surface area contributed by atoms with Crippen molar-refractivity contribution in [2.45, 2.75) is 19.4 Å². The molecule has 2 aromatic carbocycles. The zero-order chi connectivity index (χ0) is 28.7. The van der Waals surface area contributed by atoms with Crippen LogP contribution in [-0.2, 0) is 29.0 Å². The van der Waals surface area contributed by atoms with Crippen LogP contribution in [0.25, 0.3) is 0 Å². The van der Waals surface area contributed by atoms with Crippen LogP contribution >= 0.6 is 23.2 Å². The summed E-state index contributed by atoms with van der Waals surface area (Å²) >= 11 is 12.9. The molecule has 9 nitrogen and oxygen atoms in total. The predicted octanol–water partition coefficient (Wildman–Crippen LogP) is 4.78. The Hall–Kier alpha value is -3.66. The van der Waals surface area contributed by atoms with Crippen molar-refractivity contribution in [1.82, 2.24) is 14.9 Å². The number of hydrogen-bond acceptors (Lipinski definition) is 7. The fourth-order valence-electron chi connectivity index (χ4n) is 3.89. The standard InChI is InChI=1S/C28H31Cl2N5O4/c1-7-25(36)33-21-10-17(15-34(2)3)8-9-18(21)11-19-12-24(32-16-31-19)35(4)26(37)13-20-27(29)22(38-5)14-23(39-6)28(20)30/h7-10,12,14,16H,1,11,13,15H2,2-6H3,(H,33,36). The molecule has 0 radical (unpaired) electrons. The summed E-state index contributed by atoms with van der Waals surface area (Å²) < 4.78 is 10.6. The summed E-state index contributed by atoms with van der Waals surface area (Å²) in [5, 5.41) is 3.35. The van der Waals surface area contributed by atoms with Crippen molar-refractivity contribution in [1.29, 1.82) is 0 Å². The Morgan fingerprint density at radius 1 is 1.03 bits per heavy atom. The van der Waals surface area contributed by atoms with Gasteiger partial charge in [-0.1, -0.05) is 41.9 Å². The maximum absolute atomic E-state index is 13.2. The first-order valence-electron chi connectivity index (χ1n) is 11.9. The lowest BCUT2D eigenvalue weighted by molar-refractivity contribution is -0.117. The van der Waals surface area contributed by atoms with E-state index in [0.29, 0.717) is 40.7 Å². The zero-order valence-electron chi connectivity index (χ0n) is 22.5. The maximum Gasteiger partial charge on any atom is 0.247 e. The second-order valence-electron chi connectivity index (χ2n) is 8.98. The molecule has 39 heavy (non-hydrogen) atoms. The van der Waals surface area contributed by atoms with Gasteiger partial charge in [-0.25, -0.2) is 9.97 Å². The summed E-state index contributed by atoms with van der Waals surface area (Å²) in [6, 6.07) is 9.18. The third-order valence-electron chi connectivity index (χ3n) is 5.91. The molecular formula is C28H31Cl2N5O4. The molecule has 2 amide bonds. The number of methoxy groups -OCH3 is 2. The third kappa shape index (κ3) is 7.47. The average Bonchev–Trinajstić information content (AvgIpc) is 2.91. The molecule has 0 aliphatic heterocycles. The van der Waals surface area contributed by atoms with Gasteiger partial charge in [-0.2, -0.15) is 0 Å². The Morgan fingerprint density at radius 3 is 2.28 bits per heavy atom. The van der Waals surface area contributed by atoms with E-state index in [2.05, 4.69) is 21.9 Å². The number of rotatable bonds is 11. The molecule has 3 rings (SSSR count). The lowest BCUT2D eigenvalue weighted by Gasteiger charge is -2.19. The number of benzene rings is 2. The number of aromatic nitrogens is 2. The van der Waals surface area contributed by atoms with Crippen LogP contribution in [0.4, 0.5) is 11.5 Å². The molecule has 3 aromatic rings. The van der Waals surface area contributed by atoms with Gasteiger partial charge in [-0.15, -0.1) is 0 Å². The Labute approximate surface area is 238 Å². The van der Waals surface area contributed by atoms with E-state index >= 15 is 0 Å². The summed E-state index contributed by atoms with van der Waals surface area (Å²) in [5.74, 6) is 0.490. The highest BCUT2D eigenvalue weighted by Gasteiger charge is 2.22. The smallest absolute Gasteiger partial charge is 0.247 e. The first-order valence-corrected chi connectivity index (χ1v) is 12.7. The second-order valence-corrected chi connectivity index (χ2v) is 9.74. The van der Waals surface area contributed by atoms with Gasteiger partial charge in [-0.3, -0.25) is 14.5 Å². The highest BCUT2D eigenvalue weighted by atomic mass is 35.5. The number of carbonyl (C=O) groups excluding carboxylic acids is 2. The summed E-state index contributed by atoms with van der Waals surface area (Å²) in [5.41, 5.74) is 3.62. The Balaban J connectivity index is 1.86. The van der Waals surface area contributed by atoms with Gasteiger partial charge in [0.1, 0.15) is 23.6 Å². The predicted molar refractivity (Wildman–Crippen MR) is 154 cm³/mol. The SMILES string of the molecule is C=CC(=O)Nc1cc(CN(C)C)ccc1Cc1cc(N(C)C(=O)Cc2c(Cl)c(OC)cc(OC)c2Cl)ncn1. The van der Waals surface area contributed by atoms with Crippen molar-refractivity contribution in [2.75, 3.05) is 45.6 Å². The normalized spacial score (nSPS) is 10.8. The van der Waals surface area contributed by atoms with E-state index in [0.717, 1.165) is 17.7 Å². The molecule has 0 aliphatic carbocycles. The van der Waals surface area contributed by atoms with Crippen molar-refractivity contribution in [3.05, 3.63) is 81.7 Å². The molecule has 11 heteroatoms. The molecule has 206 valence electrons. The number of ether oxygens (including phenoxy) is 2. The van der Waals surface area contributed by atoms with E-state index in [1.165, 1.54) is 31.5 Å². The molecule has 1 aromatic heterocycles.